The number of esters is 1. The Labute approximate surface area is 154 Å². The van der Waals surface area contributed by atoms with Crippen LogP contribution in [0.1, 0.15) is 6.92 Å². The first-order chi connectivity index (χ1) is 12.2. The van der Waals surface area contributed by atoms with Crippen LogP contribution in [0.15, 0.2) is 53.9 Å². The molecule has 0 aliphatic heterocycles. The van der Waals surface area contributed by atoms with Crippen molar-refractivity contribution in [1.29, 1.82) is 0 Å². The van der Waals surface area contributed by atoms with E-state index in [1.807, 2.05) is 28.8 Å². The molecule has 0 amide bonds. The maximum Gasteiger partial charge on any atom is 0.316 e. The highest BCUT2D eigenvalue weighted by atomic mass is 35.5. The van der Waals surface area contributed by atoms with E-state index in [1.165, 1.54) is 11.8 Å². The van der Waals surface area contributed by atoms with Gasteiger partial charge in [0, 0.05) is 28.7 Å². The molecule has 2 aromatic heterocycles. The fourth-order valence-corrected chi connectivity index (χ4v) is 3.08. The first-order valence-corrected chi connectivity index (χ1v) is 8.95. The van der Waals surface area contributed by atoms with Crippen molar-refractivity contribution in [2.24, 2.45) is 0 Å². The zero-order chi connectivity index (χ0) is 17.6. The van der Waals surface area contributed by atoms with Gasteiger partial charge in [-0.15, -0.1) is 10.2 Å². The first kappa shape index (κ1) is 17.4. The Balaban J connectivity index is 1.99. The summed E-state index contributed by atoms with van der Waals surface area (Å²) in [5.74, 6) is 0.537. The molecule has 0 radical (unpaired) electrons. The standard InChI is InChI=1S/C17H15ClN4O2S/c1-2-24-15(23)11-25-17-21-20-16(12-7-9-19-10-8-12)22(17)14-5-3-13(18)4-6-14/h3-10H,2,11H2,1H3. The van der Waals surface area contributed by atoms with E-state index in [4.69, 9.17) is 16.3 Å². The van der Waals surface area contributed by atoms with E-state index in [-0.39, 0.29) is 11.7 Å². The molecule has 8 heteroatoms. The molecule has 0 fully saturated rings. The predicted octanol–water partition coefficient (Wildman–Crippen LogP) is 3.64. The molecule has 25 heavy (non-hydrogen) atoms. The topological polar surface area (TPSA) is 69.9 Å². The van der Waals surface area contributed by atoms with Crippen molar-refractivity contribution in [3.05, 3.63) is 53.8 Å². The highest BCUT2D eigenvalue weighted by molar-refractivity contribution is 7.99. The molecule has 0 bridgehead atoms. The van der Waals surface area contributed by atoms with Crippen LogP contribution in [0.3, 0.4) is 0 Å². The molecule has 0 aliphatic rings. The summed E-state index contributed by atoms with van der Waals surface area (Å²) in [6, 6.07) is 11.1. The van der Waals surface area contributed by atoms with Crippen molar-refractivity contribution >= 4 is 29.3 Å². The lowest BCUT2D eigenvalue weighted by atomic mass is 10.2. The lowest BCUT2D eigenvalue weighted by Gasteiger charge is -2.10. The van der Waals surface area contributed by atoms with E-state index >= 15 is 0 Å². The van der Waals surface area contributed by atoms with Gasteiger partial charge in [-0.1, -0.05) is 23.4 Å². The van der Waals surface area contributed by atoms with E-state index < -0.39 is 0 Å². The SMILES string of the molecule is CCOC(=O)CSc1nnc(-c2ccncc2)n1-c1ccc(Cl)cc1. The van der Waals surface area contributed by atoms with Crippen LogP contribution < -0.4 is 0 Å². The Bertz CT molecular complexity index is 853. The van der Waals surface area contributed by atoms with E-state index in [0.29, 0.717) is 22.6 Å². The fraction of sp³-hybridized carbons (Fsp3) is 0.176. The summed E-state index contributed by atoms with van der Waals surface area (Å²) in [6.07, 6.45) is 3.39. The highest BCUT2D eigenvalue weighted by Crippen LogP contribution is 2.28. The first-order valence-electron chi connectivity index (χ1n) is 7.59. The molecule has 3 rings (SSSR count). The fourth-order valence-electron chi connectivity index (χ4n) is 2.20. The number of nitrogens with zero attached hydrogens (tertiary/aromatic N) is 4. The second kappa shape index (κ2) is 8.13. The summed E-state index contributed by atoms with van der Waals surface area (Å²) < 4.78 is 6.86. The van der Waals surface area contributed by atoms with Crippen LogP contribution in [0.5, 0.6) is 0 Å². The summed E-state index contributed by atoms with van der Waals surface area (Å²) in [7, 11) is 0. The van der Waals surface area contributed by atoms with Gasteiger partial charge in [0.15, 0.2) is 11.0 Å². The maximum atomic E-state index is 11.7. The van der Waals surface area contributed by atoms with Crippen molar-refractivity contribution in [2.45, 2.75) is 12.1 Å². The van der Waals surface area contributed by atoms with E-state index in [9.17, 15) is 4.79 Å². The minimum Gasteiger partial charge on any atom is -0.465 e. The molecule has 0 saturated carbocycles. The van der Waals surface area contributed by atoms with Crippen molar-refractivity contribution in [2.75, 3.05) is 12.4 Å². The largest absolute Gasteiger partial charge is 0.465 e. The number of aromatic nitrogens is 4. The average molecular weight is 375 g/mol. The van der Waals surface area contributed by atoms with Gasteiger partial charge in [0.1, 0.15) is 0 Å². The molecule has 0 unspecified atom stereocenters. The van der Waals surface area contributed by atoms with E-state index in [0.717, 1.165) is 11.3 Å². The number of hydrogen-bond acceptors (Lipinski definition) is 6. The zero-order valence-electron chi connectivity index (χ0n) is 13.4. The molecule has 0 spiro atoms. The van der Waals surface area contributed by atoms with Crippen molar-refractivity contribution in [1.82, 2.24) is 19.7 Å². The van der Waals surface area contributed by atoms with Crippen LogP contribution in [0.25, 0.3) is 17.1 Å². The minimum atomic E-state index is -0.288. The van der Waals surface area contributed by atoms with Crippen LogP contribution in [0, 0.1) is 0 Å². The average Bonchev–Trinajstić information content (AvgIpc) is 3.05. The van der Waals surface area contributed by atoms with Crippen molar-refractivity contribution in [3.8, 4) is 17.1 Å². The Morgan fingerprint density at radius 2 is 1.88 bits per heavy atom. The van der Waals surface area contributed by atoms with Crippen LogP contribution in [0.4, 0.5) is 0 Å². The smallest absolute Gasteiger partial charge is 0.316 e. The third-order valence-electron chi connectivity index (χ3n) is 3.28. The van der Waals surface area contributed by atoms with Crippen LogP contribution >= 0.6 is 23.4 Å². The third kappa shape index (κ3) is 4.18. The number of carbonyl (C=O) groups is 1. The predicted molar refractivity (Wildman–Crippen MR) is 97.0 cm³/mol. The monoisotopic (exact) mass is 374 g/mol. The van der Waals surface area contributed by atoms with Crippen LogP contribution in [-0.2, 0) is 9.53 Å². The molecule has 6 nitrogen and oxygen atoms in total. The number of pyridine rings is 1. The molecule has 0 atom stereocenters. The van der Waals surface area contributed by atoms with Gasteiger partial charge in [0.2, 0.25) is 0 Å². The molecule has 128 valence electrons. The summed E-state index contributed by atoms with van der Waals surface area (Å²) in [5.41, 5.74) is 1.73. The number of halogens is 1. The van der Waals surface area contributed by atoms with Crippen molar-refractivity contribution < 1.29 is 9.53 Å². The number of benzene rings is 1. The number of carbonyl (C=O) groups excluding carboxylic acids is 1. The lowest BCUT2D eigenvalue weighted by Crippen LogP contribution is -2.08. The van der Waals surface area contributed by atoms with Gasteiger partial charge in [-0.25, -0.2) is 0 Å². The van der Waals surface area contributed by atoms with E-state index in [2.05, 4.69) is 15.2 Å². The minimum absolute atomic E-state index is 0.163. The molecule has 3 aromatic rings. The van der Waals surface area contributed by atoms with Gasteiger partial charge in [0.05, 0.1) is 12.4 Å². The van der Waals surface area contributed by atoms with Gasteiger partial charge >= 0.3 is 5.97 Å². The zero-order valence-corrected chi connectivity index (χ0v) is 15.0. The Hall–Kier alpha value is -2.38. The van der Waals surface area contributed by atoms with Gasteiger partial charge < -0.3 is 4.74 Å². The summed E-state index contributed by atoms with van der Waals surface area (Å²) in [5, 5.41) is 9.77. The molecule has 0 aliphatic carbocycles. The second-order valence-electron chi connectivity index (χ2n) is 4.95. The van der Waals surface area contributed by atoms with Gasteiger partial charge in [-0.3, -0.25) is 14.3 Å². The molecule has 2 heterocycles. The van der Waals surface area contributed by atoms with Crippen molar-refractivity contribution in [3.63, 3.8) is 0 Å². The molecule has 1 aromatic carbocycles. The van der Waals surface area contributed by atoms with Gasteiger partial charge in [0.25, 0.3) is 0 Å². The Morgan fingerprint density at radius 1 is 1.16 bits per heavy atom. The second-order valence-corrected chi connectivity index (χ2v) is 6.33. The normalized spacial score (nSPS) is 10.6. The number of rotatable bonds is 6. The summed E-state index contributed by atoms with van der Waals surface area (Å²) in [6.45, 7) is 2.13. The maximum absolute atomic E-state index is 11.7. The molecular formula is C17H15ClN4O2S. The van der Waals surface area contributed by atoms with Gasteiger partial charge in [-0.05, 0) is 43.3 Å². The number of thioether (sulfide) groups is 1. The summed E-state index contributed by atoms with van der Waals surface area (Å²) in [4.78, 5) is 15.7. The summed E-state index contributed by atoms with van der Waals surface area (Å²) >= 11 is 7.27. The Morgan fingerprint density at radius 3 is 2.56 bits per heavy atom. The van der Waals surface area contributed by atoms with Gasteiger partial charge in [-0.2, -0.15) is 0 Å². The van der Waals surface area contributed by atoms with E-state index in [1.54, 1.807) is 31.5 Å². The number of hydrogen-bond donors (Lipinski definition) is 0. The van der Waals surface area contributed by atoms with Crippen LogP contribution in [-0.4, -0.2) is 38.1 Å². The molecule has 0 N–H and O–H groups in total. The lowest BCUT2D eigenvalue weighted by molar-refractivity contribution is -0.139. The third-order valence-corrected chi connectivity index (χ3v) is 4.44. The highest BCUT2D eigenvalue weighted by Gasteiger charge is 2.17. The molecular weight excluding hydrogens is 360 g/mol. The van der Waals surface area contributed by atoms with Crippen LogP contribution in [0.2, 0.25) is 5.02 Å². The number of ether oxygens (including phenoxy) is 1. The molecule has 0 saturated heterocycles. The Kier molecular flexibility index (Phi) is 5.67. The quantitative estimate of drug-likeness (QED) is 0.484.